The van der Waals surface area contributed by atoms with Crippen molar-refractivity contribution in [3.8, 4) is 0 Å². The van der Waals surface area contributed by atoms with Crippen molar-refractivity contribution in [2.24, 2.45) is 11.3 Å². The van der Waals surface area contributed by atoms with E-state index < -0.39 is 0 Å². The number of carbonyl (C=O) groups is 1. The number of amides is 1. The predicted octanol–water partition coefficient (Wildman–Crippen LogP) is 3.73. The molecule has 0 N–H and O–H groups in total. The lowest BCUT2D eigenvalue weighted by molar-refractivity contribution is -0.139. The first-order valence-corrected chi connectivity index (χ1v) is 10.3. The number of carbonyl (C=O) groups excluding carboxylic acids is 1. The van der Waals surface area contributed by atoms with Crippen LogP contribution < -0.4 is 0 Å². The molecular formula is C22H32N2O. The van der Waals surface area contributed by atoms with Gasteiger partial charge in [-0.3, -0.25) is 4.79 Å². The molecule has 4 rings (SSSR count). The van der Waals surface area contributed by atoms with Crippen molar-refractivity contribution < 1.29 is 4.79 Å². The van der Waals surface area contributed by atoms with Gasteiger partial charge in [-0.05, 0) is 56.6 Å². The minimum Gasteiger partial charge on any atom is -0.342 e. The topological polar surface area (TPSA) is 23.6 Å². The van der Waals surface area contributed by atoms with Crippen molar-refractivity contribution in [2.75, 3.05) is 32.7 Å². The molecule has 0 radical (unpaired) electrons. The van der Waals surface area contributed by atoms with Crippen molar-refractivity contribution in [3.05, 3.63) is 35.9 Å². The van der Waals surface area contributed by atoms with E-state index in [4.69, 9.17) is 0 Å². The zero-order valence-electron chi connectivity index (χ0n) is 15.5. The average molecular weight is 341 g/mol. The minimum atomic E-state index is 0.368. The van der Waals surface area contributed by atoms with Crippen LogP contribution in [0, 0.1) is 11.3 Å². The summed E-state index contributed by atoms with van der Waals surface area (Å²) >= 11 is 0. The number of rotatable bonds is 5. The molecule has 2 saturated heterocycles. The van der Waals surface area contributed by atoms with Gasteiger partial charge in [0.2, 0.25) is 5.91 Å². The summed E-state index contributed by atoms with van der Waals surface area (Å²) < 4.78 is 0. The van der Waals surface area contributed by atoms with Crippen molar-refractivity contribution >= 4 is 5.91 Å². The second-order valence-corrected chi connectivity index (χ2v) is 8.69. The lowest BCUT2D eigenvalue weighted by Gasteiger charge is -2.49. The number of piperidine rings is 2. The Hall–Kier alpha value is -1.35. The van der Waals surface area contributed by atoms with Gasteiger partial charge in [0, 0.05) is 38.0 Å². The Morgan fingerprint density at radius 2 is 1.88 bits per heavy atom. The summed E-state index contributed by atoms with van der Waals surface area (Å²) in [4.78, 5) is 17.4. The van der Waals surface area contributed by atoms with Gasteiger partial charge in [-0.2, -0.15) is 0 Å². The molecule has 25 heavy (non-hydrogen) atoms. The smallest absolute Gasteiger partial charge is 0.222 e. The Bertz CT molecular complexity index is 583. The minimum absolute atomic E-state index is 0.368. The predicted molar refractivity (Wildman–Crippen MR) is 101 cm³/mol. The van der Waals surface area contributed by atoms with E-state index in [2.05, 4.69) is 40.1 Å². The maximum atomic E-state index is 12.5. The highest BCUT2D eigenvalue weighted by atomic mass is 16.2. The molecule has 1 aromatic rings. The maximum Gasteiger partial charge on any atom is 0.222 e. The zero-order valence-corrected chi connectivity index (χ0v) is 15.5. The summed E-state index contributed by atoms with van der Waals surface area (Å²) in [6.45, 7) is 5.67. The third kappa shape index (κ3) is 4.08. The van der Waals surface area contributed by atoms with Crippen LogP contribution in [0.3, 0.4) is 0 Å². The van der Waals surface area contributed by atoms with Gasteiger partial charge in [-0.15, -0.1) is 0 Å². The van der Waals surface area contributed by atoms with Gasteiger partial charge in [0.15, 0.2) is 0 Å². The molecule has 0 aromatic heterocycles. The van der Waals surface area contributed by atoms with Gasteiger partial charge in [0.25, 0.3) is 0 Å². The SMILES string of the molecule is O=C1CCC2(CCCN(CC3CCC3)C2)CN1CCc1ccccc1. The van der Waals surface area contributed by atoms with Crippen LogP contribution in [0.15, 0.2) is 30.3 Å². The normalized spacial score (nSPS) is 28.3. The fourth-order valence-electron chi connectivity index (χ4n) is 5.05. The molecule has 3 fully saturated rings. The summed E-state index contributed by atoms with van der Waals surface area (Å²) in [5, 5.41) is 0. The lowest BCUT2D eigenvalue weighted by atomic mass is 9.73. The molecule has 0 bridgehead atoms. The molecule has 1 aliphatic carbocycles. The molecule has 1 unspecified atom stereocenters. The first-order chi connectivity index (χ1) is 12.2. The second-order valence-electron chi connectivity index (χ2n) is 8.69. The van der Waals surface area contributed by atoms with Gasteiger partial charge < -0.3 is 9.80 Å². The van der Waals surface area contributed by atoms with E-state index in [0.29, 0.717) is 11.3 Å². The quantitative estimate of drug-likeness (QED) is 0.815. The van der Waals surface area contributed by atoms with E-state index in [1.54, 1.807) is 0 Å². The van der Waals surface area contributed by atoms with Crippen LogP contribution in [-0.2, 0) is 11.2 Å². The first-order valence-electron chi connectivity index (χ1n) is 10.3. The number of likely N-dealkylation sites (tertiary alicyclic amines) is 2. The lowest BCUT2D eigenvalue weighted by Crippen LogP contribution is -2.55. The van der Waals surface area contributed by atoms with Crippen LogP contribution in [-0.4, -0.2) is 48.4 Å². The van der Waals surface area contributed by atoms with Gasteiger partial charge >= 0.3 is 0 Å². The summed E-state index contributed by atoms with van der Waals surface area (Å²) in [5.74, 6) is 1.33. The van der Waals surface area contributed by atoms with Crippen LogP contribution in [0.1, 0.15) is 50.5 Å². The Kier molecular flexibility index (Phi) is 5.12. The number of nitrogens with zero attached hydrogens (tertiary/aromatic N) is 2. The molecule has 2 aliphatic heterocycles. The van der Waals surface area contributed by atoms with E-state index in [1.807, 2.05) is 0 Å². The molecule has 1 spiro atoms. The Balaban J connectivity index is 1.36. The highest BCUT2D eigenvalue weighted by Crippen LogP contribution is 2.40. The largest absolute Gasteiger partial charge is 0.342 e. The van der Waals surface area contributed by atoms with E-state index in [9.17, 15) is 4.79 Å². The monoisotopic (exact) mass is 340 g/mol. The third-order valence-corrected chi connectivity index (χ3v) is 6.74. The molecular weight excluding hydrogens is 308 g/mol. The molecule has 3 nitrogen and oxygen atoms in total. The van der Waals surface area contributed by atoms with Crippen molar-refractivity contribution in [2.45, 2.75) is 51.4 Å². The second kappa shape index (κ2) is 7.49. The van der Waals surface area contributed by atoms with Crippen LogP contribution in [0.25, 0.3) is 0 Å². The number of hydrogen-bond acceptors (Lipinski definition) is 2. The van der Waals surface area contributed by atoms with E-state index in [1.165, 1.54) is 57.3 Å². The summed E-state index contributed by atoms with van der Waals surface area (Å²) in [7, 11) is 0. The van der Waals surface area contributed by atoms with Crippen LogP contribution in [0.5, 0.6) is 0 Å². The Labute approximate surface area is 152 Å². The molecule has 2 heterocycles. The van der Waals surface area contributed by atoms with Crippen LogP contribution in [0.2, 0.25) is 0 Å². The van der Waals surface area contributed by atoms with Gasteiger partial charge in [-0.1, -0.05) is 36.8 Å². The summed E-state index contributed by atoms with van der Waals surface area (Å²) in [6, 6.07) is 10.6. The zero-order chi connectivity index (χ0) is 17.1. The van der Waals surface area contributed by atoms with E-state index in [-0.39, 0.29) is 0 Å². The number of hydrogen-bond donors (Lipinski definition) is 0. The van der Waals surface area contributed by atoms with E-state index in [0.717, 1.165) is 38.3 Å². The van der Waals surface area contributed by atoms with Gasteiger partial charge in [0.1, 0.15) is 0 Å². The molecule has 1 amide bonds. The third-order valence-electron chi connectivity index (χ3n) is 6.74. The van der Waals surface area contributed by atoms with Crippen LogP contribution in [0.4, 0.5) is 0 Å². The number of benzene rings is 1. The standard InChI is InChI=1S/C22H32N2O/c25-21-10-13-22(12-5-14-23(17-22)16-20-8-4-9-20)18-24(21)15-11-19-6-2-1-3-7-19/h1-3,6-7,20H,4-5,8-18H2. The highest BCUT2D eigenvalue weighted by molar-refractivity contribution is 5.77. The Morgan fingerprint density at radius 3 is 2.64 bits per heavy atom. The summed E-state index contributed by atoms with van der Waals surface area (Å²) in [6.07, 6.45) is 9.77. The molecule has 3 aliphatic rings. The van der Waals surface area contributed by atoms with Crippen molar-refractivity contribution in [3.63, 3.8) is 0 Å². The van der Waals surface area contributed by atoms with Gasteiger partial charge in [-0.25, -0.2) is 0 Å². The highest BCUT2D eigenvalue weighted by Gasteiger charge is 2.41. The molecule has 1 aromatic carbocycles. The van der Waals surface area contributed by atoms with Crippen molar-refractivity contribution in [1.29, 1.82) is 0 Å². The molecule has 136 valence electrons. The fraction of sp³-hybridized carbons (Fsp3) is 0.682. The summed E-state index contributed by atoms with van der Waals surface area (Å²) in [5.41, 5.74) is 1.71. The first kappa shape index (κ1) is 17.1. The van der Waals surface area contributed by atoms with E-state index >= 15 is 0 Å². The maximum absolute atomic E-state index is 12.5. The Morgan fingerprint density at radius 1 is 1.04 bits per heavy atom. The fourth-order valence-corrected chi connectivity index (χ4v) is 5.05. The molecule has 1 saturated carbocycles. The van der Waals surface area contributed by atoms with Gasteiger partial charge in [0.05, 0.1) is 0 Å². The average Bonchev–Trinajstić information content (AvgIpc) is 2.60. The van der Waals surface area contributed by atoms with Crippen molar-refractivity contribution in [1.82, 2.24) is 9.80 Å². The van der Waals surface area contributed by atoms with Crippen LogP contribution >= 0.6 is 0 Å². The molecule has 3 heteroatoms. The molecule has 1 atom stereocenters.